The van der Waals surface area contributed by atoms with Crippen LogP contribution in [0.25, 0.3) is 0 Å². The summed E-state index contributed by atoms with van der Waals surface area (Å²) < 4.78 is 24.3. The lowest BCUT2D eigenvalue weighted by molar-refractivity contribution is 0.0950. The molecule has 0 saturated heterocycles. The summed E-state index contributed by atoms with van der Waals surface area (Å²) >= 11 is 0. The number of rotatable bonds is 4. The van der Waals surface area contributed by atoms with E-state index in [1.165, 1.54) is 12.1 Å². The molecule has 3 N–H and O–H groups in total. The number of primary sulfonamides is 1. The highest BCUT2D eigenvalue weighted by atomic mass is 32.2. The summed E-state index contributed by atoms with van der Waals surface area (Å²) in [6, 6.07) is 7.95. The standard InChI is InChI=1S/C15H19N3O3S/c1-10-8-14(11(2)18(10)3)15(19)17-9-12-4-6-13(7-5-12)22(16,20)21/h4-8H,9H2,1-3H3,(H,17,19)(H2,16,20,21). The van der Waals surface area contributed by atoms with Gasteiger partial charge in [-0.3, -0.25) is 4.79 Å². The fourth-order valence-electron chi connectivity index (χ4n) is 2.16. The second-order valence-electron chi connectivity index (χ2n) is 5.22. The van der Waals surface area contributed by atoms with Crippen molar-refractivity contribution >= 4 is 15.9 Å². The van der Waals surface area contributed by atoms with Gasteiger partial charge in [0, 0.05) is 25.0 Å². The molecule has 0 aliphatic carbocycles. The molecule has 7 heteroatoms. The quantitative estimate of drug-likeness (QED) is 0.886. The summed E-state index contributed by atoms with van der Waals surface area (Å²) in [6.07, 6.45) is 0. The van der Waals surface area contributed by atoms with Gasteiger partial charge in [0.1, 0.15) is 0 Å². The molecule has 0 aliphatic heterocycles. The maximum absolute atomic E-state index is 12.2. The Morgan fingerprint density at radius 2 is 1.82 bits per heavy atom. The van der Waals surface area contributed by atoms with Crippen LogP contribution >= 0.6 is 0 Å². The molecule has 0 unspecified atom stereocenters. The number of carbonyl (C=O) groups is 1. The summed E-state index contributed by atoms with van der Waals surface area (Å²) in [5.41, 5.74) is 3.35. The lowest BCUT2D eigenvalue weighted by Crippen LogP contribution is -2.23. The van der Waals surface area contributed by atoms with E-state index >= 15 is 0 Å². The number of nitrogens with two attached hydrogens (primary N) is 1. The number of amides is 1. The summed E-state index contributed by atoms with van der Waals surface area (Å²) in [7, 11) is -1.78. The van der Waals surface area contributed by atoms with E-state index in [1.807, 2.05) is 31.5 Å². The molecule has 2 aromatic rings. The molecule has 22 heavy (non-hydrogen) atoms. The number of sulfonamides is 1. The molecule has 0 saturated carbocycles. The van der Waals surface area contributed by atoms with E-state index in [0.717, 1.165) is 17.0 Å². The fraction of sp³-hybridized carbons (Fsp3) is 0.267. The molecule has 2 rings (SSSR count). The molecule has 0 atom stereocenters. The van der Waals surface area contributed by atoms with E-state index in [1.54, 1.807) is 12.1 Å². The summed E-state index contributed by atoms with van der Waals surface area (Å²) in [4.78, 5) is 12.2. The summed E-state index contributed by atoms with van der Waals surface area (Å²) in [5.74, 6) is -0.156. The first-order valence-corrected chi connectivity index (χ1v) is 8.27. The minimum Gasteiger partial charge on any atom is -0.351 e. The molecule has 118 valence electrons. The molecule has 1 amide bonds. The third-order valence-corrected chi connectivity index (χ3v) is 4.65. The smallest absolute Gasteiger partial charge is 0.253 e. The summed E-state index contributed by atoms with van der Waals surface area (Å²) in [5, 5.41) is 7.86. The van der Waals surface area contributed by atoms with Gasteiger partial charge in [-0.05, 0) is 37.6 Å². The van der Waals surface area contributed by atoms with E-state index in [4.69, 9.17) is 5.14 Å². The molecule has 0 aliphatic rings. The number of aromatic nitrogens is 1. The first kappa shape index (κ1) is 16.3. The third kappa shape index (κ3) is 3.37. The Kier molecular flexibility index (Phi) is 4.39. The number of nitrogens with zero attached hydrogens (tertiary/aromatic N) is 1. The van der Waals surface area contributed by atoms with Gasteiger partial charge >= 0.3 is 0 Å². The Labute approximate surface area is 130 Å². The Morgan fingerprint density at radius 1 is 1.23 bits per heavy atom. The molecule has 0 radical (unpaired) electrons. The number of benzene rings is 1. The van der Waals surface area contributed by atoms with Gasteiger partial charge in [-0.1, -0.05) is 12.1 Å². The SMILES string of the molecule is Cc1cc(C(=O)NCc2ccc(S(N)(=O)=O)cc2)c(C)n1C. The monoisotopic (exact) mass is 321 g/mol. The van der Waals surface area contributed by atoms with Crippen LogP contribution in [0.1, 0.15) is 27.3 Å². The van der Waals surface area contributed by atoms with Crippen LogP contribution in [-0.4, -0.2) is 18.9 Å². The lowest BCUT2D eigenvalue weighted by Gasteiger charge is -2.06. The molecule has 0 fully saturated rings. The van der Waals surface area contributed by atoms with Crippen molar-refractivity contribution in [1.29, 1.82) is 0 Å². The van der Waals surface area contributed by atoms with Gasteiger partial charge in [0.25, 0.3) is 5.91 Å². The molecule has 0 spiro atoms. The van der Waals surface area contributed by atoms with Crippen molar-refractivity contribution in [2.24, 2.45) is 12.2 Å². The van der Waals surface area contributed by atoms with E-state index in [-0.39, 0.29) is 10.8 Å². The van der Waals surface area contributed by atoms with Crippen LogP contribution in [0.15, 0.2) is 35.2 Å². The van der Waals surface area contributed by atoms with Crippen LogP contribution in [0.3, 0.4) is 0 Å². The highest BCUT2D eigenvalue weighted by Crippen LogP contribution is 2.13. The molecule has 6 nitrogen and oxygen atoms in total. The second kappa shape index (κ2) is 5.94. The molecular weight excluding hydrogens is 302 g/mol. The first-order chi connectivity index (χ1) is 10.2. The normalized spacial score (nSPS) is 11.5. The highest BCUT2D eigenvalue weighted by Gasteiger charge is 2.13. The highest BCUT2D eigenvalue weighted by molar-refractivity contribution is 7.89. The van der Waals surface area contributed by atoms with Crippen LogP contribution in [0, 0.1) is 13.8 Å². The summed E-state index contributed by atoms with van der Waals surface area (Å²) in [6.45, 7) is 4.15. The minimum atomic E-state index is -3.69. The van der Waals surface area contributed by atoms with Gasteiger partial charge < -0.3 is 9.88 Å². The number of carbonyl (C=O) groups excluding carboxylic acids is 1. The van der Waals surface area contributed by atoms with Crippen LogP contribution in [0.2, 0.25) is 0 Å². The van der Waals surface area contributed by atoms with Crippen LogP contribution < -0.4 is 10.5 Å². The van der Waals surface area contributed by atoms with E-state index in [2.05, 4.69) is 5.32 Å². The van der Waals surface area contributed by atoms with Crippen molar-refractivity contribution in [3.8, 4) is 0 Å². The number of hydrogen-bond acceptors (Lipinski definition) is 3. The van der Waals surface area contributed by atoms with Crippen LogP contribution in [0.5, 0.6) is 0 Å². The van der Waals surface area contributed by atoms with E-state index < -0.39 is 10.0 Å². The van der Waals surface area contributed by atoms with Crippen molar-refractivity contribution in [2.45, 2.75) is 25.3 Å². The Balaban J connectivity index is 2.07. The zero-order valence-corrected chi connectivity index (χ0v) is 13.6. The molecule has 1 heterocycles. The van der Waals surface area contributed by atoms with Crippen molar-refractivity contribution in [3.05, 3.63) is 52.8 Å². The fourth-order valence-corrected chi connectivity index (χ4v) is 2.68. The van der Waals surface area contributed by atoms with Crippen LogP contribution in [-0.2, 0) is 23.6 Å². The predicted octanol–water partition coefficient (Wildman–Crippen LogP) is 1.22. The van der Waals surface area contributed by atoms with Crippen molar-refractivity contribution in [1.82, 2.24) is 9.88 Å². The topological polar surface area (TPSA) is 94.2 Å². The maximum Gasteiger partial charge on any atom is 0.253 e. The average Bonchev–Trinajstić information content (AvgIpc) is 2.72. The van der Waals surface area contributed by atoms with Gasteiger partial charge in [-0.25, -0.2) is 13.6 Å². The first-order valence-electron chi connectivity index (χ1n) is 6.73. The molecule has 1 aromatic heterocycles. The Bertz CT molecular complexity index is 805. The molecular formula is C15H19N3O3S. The van der Waals surface area contributed by atoms with Crippen molar-refractivity contribution in [3.63, 3.8) is 0 Å². The zero-order chi connectivity index (χ0) is 16.5. The van der Waals surface area contributed by atoms with Crippen LogP contribution in [0.4, 0.5) is 0 Å². The largest absolute Gasteiger partial charge is 0.351 e. The van der Waals surface area contributed by atoms with Gasteiger partial charge in [0.2, 0.25) is 10.0 Å². The van der Waals surface area contributed by atoms with E-state index in [9.17, 15) is 13.2 Å². The Morgan fingerprint density at radius 3 is 2.27 bits per heavy atom. The third-order valence-electron chi connectivity index (χ3n) is 3.72. The van der Waals surface area contributed by atoms with E-state index in [0.29, 0.717) is 12.1 Å². The van der Waals surface area contributed by atoms with Crippen molar-refractivity contribution < 1.29 is 13.2 Å². The predicted molar refractivity (Wildman–Crippen MR) is 83.9 cm³/mol. The zero-order valence-electron chi connectivity index (χ0n) is 12.8. The molecule has 0 bridgehead atoms. The average molecular weight is 321 g/mol. The van der Waals surface area contributed by atoms with Gasteiger partial charge in [0.05, 0.1) is 10.5 Å². The number of aryl methyl sites for hydroxylation is 1. The maximum atomic E-state index is 12.2. The van der Waals surface area contributed by atoms with Crippen molar-refractivity contribution in [2.75, 3.05) is 0 Å². The molecule has 1 aromatic carbocycles. The number of hydrogen-bond donors (Lipinski definition) is 2. The van der Waals surface area contributed by atoms with Gasteiger partial charge in [-0.2, -0.15) is 0 Å². The Hall–Kier alpha value is -2.12. The second-order valence-corrected chi connectivity index (χ2v) is 6.78. The number of nitrogens with one attached hydrogen (secondary N) is 1. The van der Waals surface area contributed by atoms with Gasteiger partial charge in [0.15, 0.2) is 0 Å². The van der Waals surface area contributed by atoms with Gasteiger partial charge in [-0.15, -0.1) is 0 Å². The lowest BCUT2D eigenvalue weighted by atomic mass is 10.2. The minimum absolute atomic E-state index is 0.0529.